The quantitative estimate of drug-likeness (QED) is 0.599. The average molecular weight is 412 g/mol. The Morgan fingerprint density at radius 3 is 2.43 bits per heavy atom. The number of halogens is 2. The zero-order valence-electron chi connectivity index (χ0n) is 18.2. The van der Waals surface area contributed by atoms with Crippen molar-refractivity contribution < 1.29 is 8.78 Å². The van der Waals surface area contributed by atoms with Crippen LogP contribution in [0, 0.1) is 5.41 Å². The molecule has 1 aliphatic rings. The molecule has 160 valence electrons. The van der Waals surface area contributed by atoms with Crippen LogP contribution >= 0.6 is 0 Å². The van der Waals surface area contributed by atoms with Crippen LogP contribution in [0.15, 0.2) is 54.2 Å². The van der Waals surface area contributed by atoms with Crippen LogP contribution in [0.3, 0.4) is 0 Å². The fourth-order valence-corrected chi connectivity index (χ4v) is 4.10. The third-order valence-corrected chi connectivity index (χ3v) is 6.01. The molecule has 3 rings (SSSR count). The van der Waals surface area contributed by atoms with Gasteiger partial charge in [-0.1, -0.05) is 50.2 Å². The molecule has 0 amide bonds. The van der Waals surface area contributed by atoms with E-state index in [1.165, 1.54) is 29.5 Å². The molecule has 0 radical (unpaired) electrons. The summed E-state index contributed by atoms with van der Waals surface area (Å²) in [6.45, 7) is 8.02. The zero-order valence-corrected chi connectivity index (χ0v) is 18.2. The van der Waals surface area contributed by atoms with Crippen molar-refractivity contribution in [3.63, 3.8) is 0 Å². The van der Waals surface area contributed by atoms with Gasteiger partial charge in [-0.15, -0.1) is 0 Å². The summed E-state index contributed by atoms with van der Waals surface area (Å²) in [6.07, 6.45) is 4.14. The first-order valence-electron chi connectivity index (χ1n) is 10.4. The summed E-state index contributed by atoms with van der Waals surface area (Å²) in [6, 6.07) is 13.1. The minimum atomic E-state index is -2.83. The van der Waals surface area contributed by atoms with Crippen LogP contribution < -0.4 is 5.32 Å². The lowest BCUT2D eigenvalue weighted by Gasteiger charge is -2.25. The number of rotatable bonds is 6. The van der Waals surface area contributed by atoms with E-state index in [0.29, 0.717) is 0 Å². The van der Waals surface area contributed by atoms with Gasteiger partial charge in [-0.3, -0.25) is 4.90 Å². The van der Waals surface area contributed by atoms with Gasteiger partial charge in [-0.25, -0.2) is 8.78 Å². The van der Waals surface area contributed by atoms with Crippen LogP contribution in [-0.2, 0) is 17.9 Å². The van der Waals surface area contributed by atoms with Gasteiger partial charge in [0.2, 0.25) is 0 Å². The minimum Gasteiger partial charge on any atom is -0.390 e. The Kier molecular flexibility index (Phi) is 6.41. The molecule has 1 aliphatic heterocycles. The molecule has 0 saturated heterocycles. The third kappa shape index (κ3) is 4.96. The van der Waals surface area contributed by atoms with E-state index in [-0.39, 0.29) is 11.0 Å². The van der Waals surface area contributed by atoms with Gasteiger partial charge in [0.05, 0.1) is 0 Å². The fraction of sp³-hybridized carbons (Fsp3) is 0.400. The van der Waals surface area contributed by atoms with Gasteiger partial charge < -0.3 is 10.7 Å². The Morgan fingerprint density at radius 2 is 1.83 bits per heavy atom. The highest BCUT2D eigenvalue weighted by atomic mass is 19.3. The number of nitrogens with one attached hydrogen (secondary N) is 2. The van der Waals surface area contributed by atoms with Crippen molar-refractivity contribution in [2.24, 2.45) is 0 Å². The number of hydrogen-bond donors (Lipinski definition) is 2. The van der Waals surface area contributed by atoms with Crippen molar-refractivity contribution in [2.45, 2.75) is 45.1 Å². The third-order valence-electron chi connectivity index (χ3n) is 6.01. The van der Waals surface area contributed by atoms with Gasteiger partial charge in [-0.2, -0.15) is 0 Å². The van der Waals surface area contributed by atoms with Gasteiger partial charge in [-0.05, 0) is 52.8 Å². The van der Waals surface area contributed by atoms with Crippen LogP contribution in [0.1, 0.15) is 43.9 Å². The maximum Gasteiger partial charge on any atom is 0.270 e. The Morgan fingerprint density at radius 1 is 1.17 bits per heavy atom. The molecule has 3 nitrogen and oxygen atoms in total. The van der Waals surface area contributed by atoms with Crippen molar-refractivity contribution in [3.8, 4) is 11.1 Å². The van der Waals surface area contributed by atoms with E-state index in [1.54, 1.807) is 18.2 Å². The highest BCUT2D eigenvalue weighted by Gasteiger charge is 2.29. The second-order valence-corrected chi connectivity index (χ2v) is 8.79. The van der Waals surface area contributed by atoms with E-state index in [4.69, 9.17) is 5.41 Å². The maximum atomic E-state index is 13.5. The molecule has 0 aromatic heterocycles. The van der Waals surface area contributed by atoms with Crippen LogP contribution in [0.5, 0.6) is 0 Å². The Labute approximate surface area is 178 Å². The summed E-state index contributed by atoms with van der Waals surface area (Å²) in [5, 5.41) is 10.5. The average Bonchev–Trinajstić information content (AvgIpc) is 2.82. The first-order valence-corrected chi connectivity index (χ1v) is 10.4. The van der Waals surface area contributed by atoms with Crippen molar-refractivity contribution in [1.29, 1.82) is 5.41 Å². The van der Waals surface area contributed by atoms with Gasteiger partial charge >= 0.3 is 0 Å². The summed E-state index contributed by atoms with van der Waals surface area (Å²) >= 11 is 0. The molecule has 0 saturated carbocycles. The number of likely N-dealkylation sites (N-methyl/N-ethyl adjacent to an activating group) is 1. The number of fused-ring (bicyclic) bond motifs is 1. The lowest BCUT2D eigenvalue weighted by molar-refractivity contribution is 0.0175. The minimum absolute atomic E-state index is 0.0332. The largest absolute Gasteiger partial charge is 0.390 e. The number of benzene rings is 2. The monoisotopic (exact) mass is 411 g/mol. The van der Waals surface area contributed by atoms with Crippen molar-refractivity contribution in [3.05, 3.63) is 70.9 Å². The van der Waals surface area contributed by atoms with E-state index in [0.717, 1.165) is 49.8 Å². The SMILES string of the molecule is CN/C(=C\C=N)CN1CCC(C)(C)c2ccc(-c3ccc(C(C)(F)F)cc3)cc2C1. The van der Waals surface area contributed by atoms with Gasteiger partial charge in [0.25, 0.3) is 5.92 Å². The van der Waals surface area contributed by atoms with Crippen LogP contribution in [-0.4, -0.2) is 31.3 Å². The topological polar surface area (TPSA) is 39.1 Å². The standard InChI is InChI=1S/C25H31F2N3/c1-24(2)12-14-30(17-22(29-4)11-13-28)16-20-15-19(7-10-23(20)24)18-5-8-21(9-6-18)25(3,26)27/h5-11,13,15,28-29H,12,14,16-17H2,1-4H3/b22-11-,28-13?. The van der Waals surface area contributed by atoms with Gasteiger partial charge in [0.1, 0.15) is 0 Å². The molecule has 2 N–H and O–H groups in total. The summed E-state index contributed by atoms with van der Waals surface area (Å²) in [4.78, 5) is 2.39. The van der Waals surface area contributed by atoms with Crippen molar-refractivity contribution in [1.82, 2.24) is 10.2 Å². The molecule has 2 aromatic carbocycles. The summed E-state index contributed by atoms with van der Waals surface area (Å²) in [5.74, 6) is -2.83. The van der Waals surface area contributed by atoms with E-state index in [1.807, 2.05) is 7.05 Å². The molecule has 0 atom stereocenters. The van der Waals surface area contributed by atoms with Crippen LogP contribution in [0.25, 0.3) is 11.1 Å². The summed E-state index contributed by atoms with van der Waals surface area (Å²) in [5.41, 5.74) is 5.70. The molecule has 30 heavy (non-hydrogen) atoms. The Hall–Kier alpha value is -2.53. The Bertz CT molecular complexity index is 924. The normalized spacial score (nSPS) is 17.2. The molecule has 1 heterocycles. The molecular formula is C25H31F2N3. The lowest BCUT2D eigenvalue weighted by Crippen LogP contribution is -2.30. The maximum absolute atomic E-state index is 13.5. The molecule has 5 heteroatoms. The highest BCUT2D eigenvalue weighted by Crippen LogP contribution is 2.36. The first kappa shape index (κ1) is 22.2. The smallest absolute Gasteiger partial charge is 0.270 e. The van der Waals surface area contributed by atoms with Crippen LogP contribution in [0.4, 0.5) is 8.78 Å². The van der Waals surface area contributed by atoms with Crippen LogP contribution in [0.2, 0.25) is 0 Å². The number of nitrogens with zero attached hydrogens (tertiary/aromatic N) is 1. The predicted octanol–water partition coefficient (Wildman–Crippen LogP) is 5.70. The number of allylic oxidation sites excluding steroid dienone is 1. The summed E-state index contributed by atoms with van der Waals surface area (Å²) in [7, 11) is 1.88. The Balaban J connectivity index is 1.93. The molecule has 0 spiro atoms. The van der Waals surface area contributed by atoms with E-state index < -0.39 is 5.92 Å². The van der Waals surface area contributed by atoms with Gasteiger partial charge in [0.15, 0.2) is 0 Å². The molecule has 0 unspecified atom stereocenters. The molecule has 0 bridgehead atoms. The number of alkyl halides is 2. The zero-order chi connectivity index (χ0) is 21.9. The molecule has 0 fully saturated rings. The second-order valence-electron chi connectivity index (χ2n) is 8.79. The molecule has 0 aliphatic carbocycles. The first-order chi connectivity index (χ1) is 14.1. The number of hydrogen-bond acceptors (Lipinski definition) is 3. The predicted molar refractivity (Wildman–Crippen MR) is 120 cm³/mol. The fourth-order valence-electron chi connectivity index (χ4n) is 4.10. The van der Waals surface area contributed by atoms with Crippen molar-refractivity contribution in [2.75, 3.05) is 20.1 Å². The highest BCUT2D eigenvalue weighted by molar-refractivity contribution is 5.69. The molecule has 2 aromatic rings. The molecular weight excluding hydrogens is 380 g/mol. The second kappa shape index (κ2) is 8.68. The van der Waals surface area contributed by atoms with E-state index in [2.05, 4.69) is 42.3 Å². The van der Waals surface area contributed by atoms with E-state index >= 15 is 0 Å². The van der Waals surface area contributed by atoms with E-state index in [9.17, 15) is 8.78 Å². The lowest BCUT2D eigenvalue weighted by atomic mass is 9.79. The van der Waals surface area contributed by atoms with Gasteiger partial charge in [0, 0.05) is 44.5 Å². The summed E-state index contributed by atoms with van der Waals surface area (Å²) < 4.78 is 27.1. The van der Waals surface area contributed by atoms with Crippen molar-refractivity contribution >= 4 is 6.21 Å².